The Bertz CT molecular complexity index is 1210. The Morgan fingerprint density at radius 1 is 0.420 bits per heavy atom. The molecule has 0 spiro atoms. The van der Waals surface area contributed by atoms with Crippen LogP contribution in [0.5, 0.6) is 0 Å². The van der Waals surface area contributed by atoms with Gasteiger partial charge in [0.25, 0.3) is 0 Å². The summed E-state index contributed by atoms with van der Waals surface area (Å²) in [6.45, 7) is 6.00. The van der Waals surface area contributed by atoms with E-state index in [1.807, 2.05) is 0 Å². The number of rotatable bonds is 50. The maximum Gasteiger partial charge on any atom is 0.335 e. The molecule has 6 unspecified atom stereocenters. The lowest BCUT2D eigenvalue weighted by Crippen LogP contribution is -2.61. The first-order chi connectivity index (χ1) is 33.6. The maximum absolute atomic E-state index is 13.0. The lowest BCUT2D eigenvalue weighted by atomic mass is 9.98. The molecule has 0 aliphatic carbocycles. The van der Waals surface area contributed by atoms with Crippen molar-refractivity contribution in [1.29, 1.82) is 0 Å². The highest BCUT2D eigenvalue weighted by atomic mass is 16.7. The van der Waals surface area contributed by atoms with E-state index in [0.717, 1.165) is 57.8 Å². The maximum atomic E-state index is 13.0. The van der Waals surface area contributed by atoms with E-state index >= 15 is 0 Å². The number of unbranched alkanes of at least 4 members (excludes halogenated alkanes) is 36. The summed E-state index contributed by atoms with van der Waals surface area (Å²) >= 11 is 0. The lowest BCUT2D eigenvalue weighted by Gasteiger charge is -2.40. The van der Waals surface area contributed by atoms with Crippen molar-refractivity contribution in [2.75, 3.05) is 13.2 Å². The number of aliphatic carboxylic acids is 1. The molecule has 0 aromatic rings. The van der Waals surface area contributed by atoms with Gasteiger partial charge < -0.3 is 39.0 Å². The molecule has 6 atom stereocenters. The van der Waals surface area contributed by atoms with Crippen LogP contribution in [0.15, 0.2) is 0 Å². The summed E-state index contributed by atoms with van der Waals surface area (Å²) < 4.78 is 28.4. The fourth-order valence-corrected chi connectivity index (χ4v) is 9.19. The second-order valence-corrected chi connectivity index (χ2v) is 20.3. The minimum absolute atomic E-state index is 0.0705. The Hall–Kier alpha value is -2.28. The van der Waals surface area contributed by atoms with Crippen LogP contribution in [0, 0.1) is 0 Å². The van der Waals surface area contributed by atoms with Gasteiger partial charge in [0.05, 0.1) is 6.61 Å². The predicted molar refractivity (Wildman–Crippen MR) is 276 cm³/mol. The molecule has 12 nitrogen and oxygen atoms in total. The Labute approximate surface area is 421 Å². The monoisotopic (exact) mass is 983 g/mol. The number of ether oxygens (including phenoxy) is 5. The Morgan fingerprint density at radius 2 is 0.739 bits per heavy atom. The van der Waals surface area contributed by atoms with Gasteiger partial charge in [-0.2, -0.15) is 0 Å². The third-order valence-corrected chi connectivity index (χ3v) is 13.7. The zero-order valence-electron chi connectivity index (χ0n) is 44.6. The van der Waals surface area contributed by atoms with Crippen molar-refractivity contribution >= 4 is 23.9 Å². The average molecular weight is 983 g/mol. The molecule has 1 aliphatic rings. The van der Waals surface area contributed by atoms with Crippen molar-refractivity contribution in [2.45, 2.75) is 327 Å². The van der Waals surface area contributed by atoms with E-state index in [9.17, 15) is 34.5 Å². The number of carbonyl (C=O) groups excluding carboxylic acids is 3. The molecule has 1 aliphatic heterocycles. The van der Waals surface area contributed by atoms with E-state index in [1.165, 1.54) is 173 Å². The molecule has 0 aromatic heterocycles. The summed E-state index contributed by atoms with van der Waals surface area (Å²) in [4.78, 5) is 50.9. The first-order valence-electron chi connectivity index (χ1n) is 29.0. The summed E-state index contributed by atoms with van der Waals surface area (Å²) in [5.74, 6) is -3.08. The third-order valence-electron chi connectivity index (χ3n) is 13.7. The Kier molecular flexibility index (Phi) is 43.9. The average Bonchev–Trinajstić information content (AvgIpc) is 3.33. The summed E-state index contributed by atoms with van der Waals surface area (Å²) in [7, 11) is 0. The number of hydrogen-bond donors (Lipinski definition) is 3. The summed E-state index contributed by atoms with van der Waals surface area (Å²) in [5.41, 5.74) is 0. The van der Waals surface area contributed by atoms with E-state index in [4.69, 9.17) is 23.7 Å². The van der Waals surface area contributed by atoms with Crippen molar-refractivity contribution in [1.82, 2.24) is 0 Å². The Morgan fingerprint density at radius 3 is 1.09 bits per heavy atom. The van der Waals surface area contributed by atoms with E-state index in [0.29, 0.717) is 19.3 Å². The SMILES string of the molecule is CCCCCCCCCCCCCCCCCC(=O)OCC(COC1OC(C(=O)O)C(O)C(O)C1OC(=O)CCCCCCCCCCCCCCCCC)OC(=O)CCCCCCCCCCC. The highest BCUT2D eigenvalue weighted by Crippen LogP contribution is 2.27. The molecule has 3 N–H and O–H groups in total. The number of esters is 3. The normalized spacial score (nSPS) is 18.5. The summed E-state index contributed by atoms with van der Waals surface area (Å²) in [6.07, 6.45) is 36.6. The number of hydrogen-bond acceptors (Lipinski definition) is 11. The highest BCUT2D eigenvalue weighted by Gasteiger charge is 2.50. The number of aliphatic hydroxyl groups is 2. The number of carboxylic acid groups (broad SMARTS) is 1. The first kappa shape index (κ1) is 64.7. The van der Waals surface area contributed by atoms with E-state index in [1.54, 1.807) is 0 Å². The van der Waals surface area contributed by atoms with Gasteiger partial charge in [-0.15, -0.1) is 0 Å². The highest BCUT2D eigenvalue weighted by molar-refractivity contribution is 5.74. The van der Waals surface area contributed by atoms with Gasteiger partial charge in [-0.3, -0.25) is 14.4 Å². The van der Waals surface area contributed by atoms with Crippen molar-refractivity contribution in [2.24, 2.45) is 0 Å². The van der Waals surface area contributed by atoms with Crippen molar-refractivity contribution in [3.8, 4) is 0 Å². The van der Waals surface area contributed by atoms with E-state index in [2.05, 4.69) is 20.8 Å². The molecular formula is C57H106O12. The molecular weight excluding hydrogens is 877 g/mol. The zero-order valence-corrected chi connectivity index (χ0v) is 44.6. The molecule has 1 rings (SSSR count). The molecule has 12 heteroatoms. The van der Waals surface area contributed by atoms with Crippen molar-refractivity contribution in [3.05, 3.63) is 0 Å². The topological polar surface area (TPSA) is 175 Å². The van der Waals surface area contributed by atoms with Gasteiger partial charge in [-0.1, -0.05) is 252 Å². The molecule has 406 valence electrons. The van der Waals surface area contributed by atoms with Gasteiger partial charge in [0.15, 0.2) is 24.6 Å². The number of aliphatic hydroxyl groups excluding tert-OH is 2. The zero-order chi connectivity index (χ0) is 50.4. The standard InChI is InChI=1S/C57H106O12/c1-4-7-10-13-16-19-21-23-25-27-29-32-34-37-40-43-49(58)65-46-48(67-50(59)44-41-38-35-31-18-15-12-9-6-3)47-66-57-55(53(62)52(61)54(69-57)56(63)64)68-51(60)45-42-39-36-33-30-28-26-24-22-20-17-14-11-8-5-2/h48,52-55,57,61-62H,4-47H2,1-3H3,(H,63,64). The first-order valence-corrected chi connectivity index (χ1v) is 29.0. The molecule has 69 heavy (non-hydrogen) atoms. The van der Waals surface area contributed by atoms with Crippen LogP contribution >= 0.6 is 0 Å². The quantitative estimate of drug-likeness (QED) is 0.0299. The van der Waals surface area contributed by atoms with Crippen LogP contribution < -0.4 is 0 Å². The Balaban J connectivity index is 2.64. The van der Waals surface area contributed by atoms with E-state index in [-0.39, 0.29) is 25.9 Å². The summed E-state index contributed by atoms with van der Waals surface area (Å²) in [6, 6.07) is 0. The van der Waals surface area contributed by atoms with Crippen LogP contribution in [-0.4, -0.2) is 89.2 Å². The fourth-order valence-electron chi connectivity index (χ4n) is 9.19. The van der Waals surface area contributed by atoms with Crippen molar-refractivity contribution < 1.29 is 58.2 Å². The smallest absolute Gasteiger partial charge is 0.335 e. The van der Waals surface area contributed by atoms with Gasteiger partial charge in [0, 0.05) is 19.3 Å². The van der Waals surface area contributed by atoms with Crippen LogP contribution in [0.2, 0.25) is 0 Å². The van der Waals surface area contributed by atoms with Gasteiger partial charge in [0.1, 0.15) is 18.8 Å². The van der Waals surface area contributed by atoms with E-state index < -0.39 is 67.3 Å². The van der Waals surface area contributed by atoms with Crippen LogP contribution in [0.3, 0.4) is 0 Å². The predicted octanol–water partition coefficient (Wildman–Crippen LogP) is 14.3. The van der Waals surface area contributed by atoms with Gasteiger partial charge in [-0.05, 0) is 19.3 Å². The van der Waals surface area contributed by atoms with Crippen LogP contribution in [0.1, 0.15) is 290 Å². The fraction of sp³-hybridized carbons (Fsp3) is 0.930. The molecule has 1 saturated heterocycles. The third kappa shape index (κ3) is 37.2. The van der Waals surface area contributed by atoms with Gasteiger partial charge >= 0.3 is 23.9 Å². The molecule has 0 bridgehead atoms. The molecule has 0 amide bonds. The van der Waals surface area contributed by atoms with Gasteiger partial charge in [0.2, 0.25) is 0 Å². The largest absolute Gasteiger partial charge is 0.479 e. The molecule has 0 radical (unpaired) electrons. The molecule has 1 heterocycles. The molecule has 1 fully saturated rings. The molecule has 0 saturated carbocycles. The van der Waals surface area contributed by atoms with Crippen LogP contribution in [-0.2, 0) is 42.9 Å². The molecule has 0 aromatic carbocycles. The summed E-state index contributed by atoms with van der Waals surface area (Å²) in [5, 5.41) is 31.4. The minimum atomic E-state index is -1.89. The lowest BCUT2D eigenvalue weighted by molar-refractivity contribution is -0.301. The second kappa shape index (κ2) is 46.8. The van der Waals surface area contributed by atoms with Crippen LogP contribution in [0.4, 0.5) is 0 Å². The van der Waals surface area contributed by atoms with Gasteiger partial charge in [-0.25, -0.2) is 4.79 Å². The van der Waals surface area contributed by atoms with Crippen LogP contribution in [0.25, 0.3) is 0 Å². The second-order valence-electron chi connectivity index (χ2n) is 20.3. The number of carbonyl (C=O) groups is 4. The van der Waals surface area contributed by atoms with Crippen molar-refractivity contribution in [3.63, 3.8) is 0 Å². The minimum Gasteiger partial charge on any atom is -0.479 e. The number of carboxylic acids is 1.